The van der Waals surface area contributed by atoms with Crippen molar-refractivity contribution < 1.29 is 40.8 Å². The molecular formula is C29H29N2O4Si+. The van der Waals surface area contributed by atoms with Gasteiger partial charge in [-0.1, -0.05) is 19.2 Å². The van der Waals surface area contributed by atoms with Crippen LogP contribution in [-0.2, 0) is 0 Å². The molecule has 7 heteroatoms. The molecule has 2 N–H and O–H groups in total. The third-order valence-corrected chi connectivity index (χ3v) is 10.4. The number of nitrogens with zero attached hydrogens (tertiary/aromatic N) is 2. The number of hydrogen-bond acceptors (Lipinski definition) is 3. The fourth-order valence-corrected chi connectivity index (χ4v) is 8.02. The zero-order chi connectivity index (χ0) is 35.9. The lowest BCUT2D eigenvalue weighted by atomic mass is 9.86. The third-order valence-electron chi connectivity index (χ3n) is 6.85. The number of allylic oxidation sites excluding steroid dienone is 5. The van der Waals surface area contributed by atoms with Crippen LogP contribution in [0.1, 0.15) is 61.0 Å². The van der Waals surface area contributed by atoms with Crippen molar-refractivity contribution in [1.82, 2.24) is 0 Å². The minimum absolute atomic E-state index is 0.000227. The van der Waals surface area contributed by atoms with Crippen molar-refractivity contribution in [1.29, 1.82) is 0 Å². The second kappa shape index (κ2) is 8.16. The summed E-state index contributed by atoms with van der Waals surface area (Å²) in [5.41, 5.74) is 0.710. The van der Waals surface area contributed by atoms with Crippen molar-refractivity contribution in [3.8, 4) is 0 Å². The summed E-state index contributed by atoms with van der Waals surface area (Å²) >= 11 is 0. The average molecular weight is 510 g/mol. The zero-order valence-corrected chi connectivity index (χ0v) is 20.3. The van der Waals surface area contributed by atoms with Gasteiger partial charge in [0.2, 0.25) is 0 Å². The highest BCUT2D eigenvalue weighted by molar-refractivity contribution is 6.98. The van der Waals surface area contributed by atoms with Crippen molar-refractivity contribution in [2.45, 2.75) is 25.8 Å². The molecule has 0 bridgehead atoms. The number of hydrogen-bond donors (Lipinski definition) is 2. The molecule has 3 aliphatic heterocycles. The Morgan fingerprint density at radius 3 is 2.47 bits per heavy atom. The third kappa shape index (κ3) is 3.41. The van der Waals surface area contributed by atoms with Crippen molar-refractivity contribution in [3.63, 3.8) is 0 Å². The van der Waals surface area contributed by atoms with E-state index < -0.39 is 58.7 Å². The molecule has 0 amide bonds. The molecule has 2 saturated heterocycles. The highest BCUT2D eigenvalue weighted by Crippen LogP contribution is 2.43. The molecule has 0 unspecified atom stereocenters. The highest BCUT2D eigenvalue weighted by Gasteiger charge is 2.41. The second-order valence-corrected chi connectivity index (χ2v) is 13.5. The van der Waals surface area contributed by atoms with E-state index in [4.69, 9.17) is 16.4 Å². The number of carboxylic acids is 2. The summed E-state index contributed by atoms with van der Waals surface area (Å²) in [5.74, 6) is -2.68. The molecule has 0 spiro atoms. The number of aromatic carboxylic acids is 2. The number of rotatable bonds is 4. The van der Waals surface area contributed by atoms with Crippen molar-refractivity contribution in [2.24, 2.45) is 0 Å². The van der Waals surface area contributed by atoms with Gasteiger partial charge in [0.25, 0.3) is 0 Å². The molecular weight excluding hydrogens is 468 g/mol. The fraction of sp³-hybridized carbons (Fsp3) is 0.276. The molecule has 36 heavy (non-hydrogen) atoms. The van der Waals surface area contributed by atoms with Gasteiger partial charge in [-0.15, -0.1) is 0 Å². The first-order chi connectivity index (χ1) is 21.8. The topological polar surface area (TPSA) is 80.8 Å². The molecule has 1 aliphatic carbocycles. The van der Waals surface area contributed by atoms with Gasteiger partial charge in [0, 0.05) is 41.8 Å². The summed E-state index contributed by atoms with van der Waals surface area (Å²) in [7, 11) is -3.09. The summed E-state index contributed by atoms with van der Waals surface area (Å²) in [5, 5.41) is 21.0. The molecule has 2 fully saturated rings. The summed E-state index contributed by atoms with van der Waals surface area (Å²) in [6.45, 7) is -7.24. The van der Waals surface area contributed by atoms with E-state index in [1.807, 2.05) is 13.1 Å². The van der Waals surface area contributed by atoms with Crippen LogP contribution in [0.15, 0.2) is 65.4 Å². The SMILES string of the molecule is [2H]C1([2H])N(c2ccc3c(c2)[Si](C)(C)C2=CC(=[N+]4C([2H])([2H])C([2H])([2H])C4([2H])[2H])C=CC2=C3c2cc(C(=O)O)ccc2C(=O)O)C([2H])([2H])C1([2H])[2H]. The van der Waals surface area contributed by atoms with Gasteiger partial charge in [-0.3, -0.25) is 0 Å². The van der Waals surface area contributed by atoms with Crippen molar-refractivity contribution in [3.05, 3.63) is 87.6 Å². The lowest BCUT2D eigenvalue weighted by molar-refractivity contribution is -0.582. The fourth-order valence-electron chi connectivity index (χ4n) is 4.95. The molecule has 4 aliphatic rings. The molecule has 0 radical (unpaired) electrons. The minimum Gasteiger partial charge on any atom is -0.478 e. The maximum absolute atomic E-state index is 12.5. The normalized spacial score (nSPS) is 33.1. The van der Waals surface area contributed by atoms with E-state index in [9.17, 15) is 19.8 Å². The summed E-state index contributed by atoms with van der Waals surface area (Å²) in [6.07, 6.45) is -1.30. The van der Waals surface area contributed by atoms with Crippen LogP contribution >= 0.6 is 0 Å². The first-order valence-corrected chi connectivity index (χ1v) is 14.2. The Morgan fingerprint density at radius 1 is 0.972 bits per heavy atom. The van der Waals surface area contributed by atoms with Gasteiger partial charge in [-0.25, -0.2) is 14.2 Å². The quantitative estimate of drug-likeness (QED) is 0.482. The van der Waals surface area contributed by atoms with Crippen LogP contribution in [0.25, 0.3) is 5.57 Å². The Morgan fingerprint density at radius 2 is 1.75 bits per heavy atom. The Bertz CT molecular complexity index is 1960. The Balaban J connectivity index is 1.69. The summed E-state index contributed by atoms with van der Waals surface area (Å²) in [6, 6.07) is 7.94. The number of carbonyl (C=O) groups is 2. The Kier molecular flexibility index (Phi) is 2.95. The molecule has 6 nitrogen and oxygen atoms in total. The Hall–Kier alpha value is -3.71. The Labute approximate surface area is 228 Å². The zero-order valence-electron chi connectivity index (χ0n) is 31.3. The van der Waals surface area contributed by atoms with E-state index in [2.05, 4.69) is 0 Å². The predicted octanol–water partition coefficient (Wildman–Crippen LogP) is 3.92. The van der Waals surface area contributed by atoms with Gasteiger partial charge in [-0.2, -0.15) is 0 Å². The number of benzene rings is 2. The molecule has 0 atom stereocenters. The van der Waals surface area contributed by atoms with E-state index in [1.165, 1.54) is 42.5 Å². The lowest BCUT2D eigenvalue weighted by Gasteiger charge is -2.40. The standard InChI is InChI=1S/C29H28N2O4Si/c1-36(2)25-16-19(30-11-3-12-30)6-9-22(25)27(23-10-7-20(17-26(23)36)31-13-4-14-31)24-15-18(28(32)33)5-8-21(24)29(34)35/h5-10,15-17H,3-4,11-14H2,1-2H3,(H-,32,33,34,35)/p+1/i3D2,4D2,11D2,12D2,13D2,14D2. The van der Waals surface area contributed by atoms with Crippen molar-refractivity contribution in [2.75, 3.05) is 30.9 Å². The van der Waals surface area contributed by atoms with Crippen LogP contribution in [0.2, 0.25) is 13.1 Å². The highest BCUT2D eigenvalue weighted by atomic mass is 28.3. The maximum Gasteiger partial charge on any atom is 0.336 e. The van der Waals surface area contributed by atoms with Crippen molar-refractivity contribution >= 4 is 42.2 Å². The van der Waals surface area contributed by atoms with Gasteiger partial charge < -0.3 is 15.1 Å². The van der Waals surface area contributed by atoms with Gasteiger partial charge in [-0.05, 0) is 75.4 Å². The van der Waals surface area contributed by atoms with E-state index in [0.717, 1.165) is 12.1 Å². The second-order valence-electron chi connectivity index (χ2n) is 9.20. The summed E-state index contributed by atoms with van der Waals surface area (Å²) < 4.78 is 99.7. The van der Waals surface area contributed by atoms with E-state index in [-0.39, 0.29) is 33.7 Å². The minimum atomic E-state index is -3.09. The van der Waals surface area contributed by atoms with Crippen LogP contribution < -0.4 is 10.1 Å². The average Bonchev–Trinajstić information content (AvgIpc) is 2.96. The molecule has 3 heterocycles. The monoisotopic (exact) mass is 509 g/mol. The van der Waals surface area contributed by atoms with E-state index >= 15 is 0 Å². The van der Waals surface area contributed by atoms with E-state index in [1.54, 1.807) is 0 Å². The molecule has 0 aromatic heterocycles. The van der Waals surface area contributed by atoms with Gasteiger partial charge in [0.15, 0.2) is 5.71 Å². The number of fused-ring (bicyclic) bond motifs is 2. The number of anilines is 1. The van der Waals surface area contributed by atoms with Crippen LogP contribution in [0.4, 0.5) is 5.69 Å². The van der Waals surface area contributed by atoms with Crippen LogP contribution in [0, 0.1) is 0 Å². The first-order valence-electron chi connectivity index (χ1n) is 17.2. The van der Waals surface area contributed by atoms with Crippen LogP contribution in [-0.4, -0.2) is 66.5 Å². The molecule has 2 aromatic carbocycles. The van der Waals surface area contributed by atoms with Gasteiger partial charge in [0.1, 0.15) is 26.6 Å². The smallest absolute Gasteiger partial charge is 0.336 e. The van der Waals surface area contributed by atoms with E-state index in [0.29, 0.717) is 31.0 Å². The molecule has 182 valence electrons. The molecule has 6 rings (SSSR count). The van der Waals surface area contributed by atoms with Crippen LogP contribution in [0.3, 0.4) is 0 Å². The largest absolute Gasteiger partial charge is 0.478 e. The molecule has 2 aromatic rings. The van der Waals surface area contributed by atoms with Gasteiger partial charge in [0.05, 0.1) is 17.5 Å². The van der Waals surface area contributed by atoms with Gasteiger partial charge >= 0.3 is 11.9 Å². The number of carboxylic acid groups (broad SMARTS) is 2. The predicted molar refractivity (Wildman–Crippen MR) is 144 cm³/mol. The summed E-state index contributed by atoms with van der Waals surface area (Å²) in [4.78, 5) is 25.2. The first kappa shape index (κ1) is 13.0. The maximum atomic E-state index is 12.5. The lowest BCUT2D eigenvalue weighted by Crippen LogP contribution is -2.50. The molecule has 0 saturated carbocycles. The van der Waals surface area contributed by atoms with Crippen LogP contribution in [0.5, 0.6) is 0 Å².